The van der Waals surface area contributed by atoms with Crippen molar-refractivity contribution in [2.24, 2.45) is 46.6 Å². The first-order valence-electron chi connectivity index (χ1n) is 37.5. The van der Waals surface area contributed by atoms with Crippen LogP contribution in [0.5, 0.6) is 0 Å². The number of aliphatic carboxylic acids is 3. The lowest BCUT2D eigenvalue weighted by molar-refractivity contribution is -0.140. The van der Waals surface area contributed by atoms with Crippen LogP contribution in [0.3, 0.4) is 0 Å². The Kier molecular flexibility index (Phi) is 49.3. The Bertz CT molecular complexity index is 3490. The standard InChI is InChI=1S/C69H117N21O27/c1-11-34(8)56(66(114)78-25-47(96)74-24-46(95)75-29-53(104)105)89-64(112)42(22-31(2)3)82-49(98)27-79-67(115)57(36(10)92)90-65(113)43(30-91)86-68(116)55(33(6)7)88-69(117)54(32(4)5)87-50(99)28-76-58(106)35(9)80-60(108)38(14-12-13-21-70)83-62(110)40(16-19-51(100)101)85-63(111)41(17-20-52(102)103)84-61(109)39(15-18-44(72)93)81-48(97)26-77-59(107)37(71)23-45(73)94/h31-43,54-57,91-92H,11-30,70-71H2,1-10H3,(H2,72,93)(H2,73,94)(H,74,96)(H,75,95)(H,76,106)(H,77,107)(H,78,114)(H,79,115)(H,80,108)(H,81,97)(H,82,98)(H,83,110)(H,84,109)(H,85,111)(H,86,116)(H,87,99)(H,88,117)(H,89,112)(H,90,113)(H,100,101)(H,102,103)(H,104,105)/t34-,35-,36+,37-,38-,39-,40-,41-,42-,43-,54-,55-,56-,57-/m0/s1. The molecule has 0 fully saturated rings. The number of rotatable bonds is 58. The van der Waals surface area contributed by atoms with E-state index >= 15 is 0 Å². The Labute approximate surface area is 673 Å². The van der Waals surface area contributed by atoms with Gasteiger partial charge in [-0.05, 0) is 89.0 Å². The van der Waals surface area contributed by atoms with Gasteiger partial charge < -0.3 is 139 Å². The molecule has 0 bridgehead atoms. The van der Waals surface area contributed by atoms with Crippen molar-refractivity contribution in [3.63, 3.8) is 0 Å². The first kappa shape index (κ1) is 105. The van der Waals surface area contributed by atoms with Crippen LogP contribution in [0.15, 0.2) is 0 Å². The van der Waals surface area contributed by atoms with E-state index in [-0.39, 0.29) is 38.1 Å². The molecule has 0 unspecified atom stereocenters. The fourth-order valence-electron chi connectivity index (χ4n) is 10.3. The molecule has 0 radical (unpaired) electrons. The lowest BCUT2D eigenvalue weighted by Gasteiger charge is -2.29. The zero-order valence-electron chi connectivity index (χ0n) is 67.0. The molecule has 117 heavy (non-hydrogen) atoms. The van der Waals surface area contributed by atoms with Crippen LogP contribution in [0.1, 0.15) is 146 Å². The van der Waals surface area contributed by atoms with Crippen molar-refractivity contribution in [1.29, 1.82) is 0 Å². The van der Waals surface area contributed by atoms with Gasteiger partial charge in [0.25, 0.3) is 0 Å². The number of hydrogen-bond acceptors (Lipinski definition) is 26. The van der Waals surface area contributed by atoms with Gasteiger partial charge in [-0.15, -0.1) is 0 Å². The van der Waals surface area contributed by atoms with Crippen molar-refractivity contribution in [3.05, 3.63) is 0 Å². The van der Waals surface area contributed by atoms with Gasteiger partial charge in [0.15, 0.2) is 0 Å². The summed E-state index contributed by atoms with van der Waals surface area (Å²) in [4.78, 5) is 284. The molecular formula is C69H117N21O27. The minimum Gasteiger partial charge on any atom is -0.481 e. The van der Waals surface area contributed by atoms with Crippen LogP contribution in [0.25, 0.3) is 0 Å². The van der Waals surface area contributed by atoms with Gasteiger partial charge in [0.05, 0.1) is 57.9 Å². The highest BCUT2D eigenvalue weighted by atomic mass is 16.4. The van der Waals surface area contributed by atoms with Crippen molar-refractivity contribution in [1.82, 2.24) is 90.4 Å². The second-order valence-electron chi connectivity index (χ2n) is 28.4. The zero-order valence-corrected chi connectivity index (χ0v) is 67.0. The van der Waals surface area contributed by atoms with E-state index in [0.717, 1.165) is 6.92 Å². The molecular weight excluding hydrogens is 1550 g/mol. The minimum atomic E-state index is -1.87. The van der Waals surface area contributed by atoms with E-state index < -0.39 is 317 Å². The Morgan fingerprint density at radius 3 is 1.15 bits per heavy atom. The SMILES string of the molecule is CC[C@H](C)[C@H](NC(=O)[C@H](CC(C)C)NC(=O)CNC(=O)[C@@H](NC(=O)[C@H](CO)NC(=O)[C@@H](NC(=O)[C@@H](NC(=O)CNC(=O)[C@H](C)NC(=O)[C@H](CCCCN)NC(=O)[C@H](CCC(=O)O)NC(=O)[C@H](CCC(=O)O)NC(=O)[C@H](CCC(N)=O)NC(=O)CNC(=O)[C@@H](N)CC(N)=O)C(C)C)C(C)C)[C@@H](C)O)C(=O)NCC(=O)NCC(=O)NCC(=O)O. The largest absolute Gasteiger partial charge is 0.481 e. The quantitative estimate of drug-likeness (QED) is 0.0251. The van der Waals surface area contributed by atoms with Gasteiger partial charge in [0.1, 0.15) is 73.0 Å². The van der Waals surface area contributed by atoms with Crippen molar-refractivity contribution in [2.75, 3.05) is 52.4 Å². The number of amides is 19. The normalized spacial score (nSPS) is 14.6. The van der Waals surface area contributed by atoms with E-state index in [1.807, 2.05) is 5.32 Å². The summed E-state index contributed by atoms with van der Waals surface area (Å²) in [6.07, 6.45) is -5.79. The number of carboxylic acids is 3. The first-order valence-corrected chi connectivity index (χ1v) is 37.5. The Morgan fingerprint density at radius 1 is 0.342 bits per heavy atom. The van der Waals surface area contributed by atoms with E-state index in [1.54, 1.807) is 27.7 Å². The minimum absolute atomic E-state index is 0.00412. The Balaban J connectivity index is 6.27. The fraction of sp³-hybridized carbons (Fsp3) is 0.681. The number of unbranched alkanes of at least 4 members (excludes halogenated alkanes) is 1. The summed E-state index contributed by atoms with van der Waals surface area (Å²) in [5, 5.41) is 87.7. The topological polar surface area (TPSA) is 785 Å². The number of nitrogens with one attached hydrogen (secondary N) is 17. The fourth-order valence-corrected chi connectivity index (χ4v) is 10.3. The Morgan fingerprint density at radius 2 is 0.709 bits per heavy atom. The highest BCUT2D eigenvalue weighted by molar-refractivity contribution is 6.01. The van der Waals surface area contributed by atoms with Crippen LogP contribution in [0, 0.1) is 23.7 Å². The summed E-state index contributed by atoms with van der Waals surface area (Å²) in [7, 11) is 0. The van der Waals surface area contributed by atoms with Crippen LogP contribution in [-0.4, -0.2) is 287 Å². The maximum absolute atomic E-state index is 14.0. The predicted octanol–water partition coefficient (Wildman–Crippen LogP) is -11.8. The monoisotopic (exact) mass is 1670 g/mol. The second kappa shape index (κ2) is 54.9. The average Bonchev–Trinajstić information content (AvgIpc) is 0.855. The molecule has 0 aliphatic heterocycles. The van der Waals surface area contributed by atoms with Crippen LogP contribution in [0.4, 0.5) is 0 Å². The highest BCUT2D eigenvalue weighted by Crippen LogP contribution is 2.14. The molecule has 48 heteroatoms. The summed E-state index contributed by atoms with van der Waals surface area (Å²) < 4.78 is 0. The van der Waals surface area contributed by atoms with Crippen LogP contribution < -0.4 is 113 Å². The van der Waals surface area contributed by atoms with Crippen LogP contribution in [0.2, 0.25) is 0 Å². The van der Waals surface area contributed by atoms with Gasteiger partial charge in [-0.2, -0.15) is 0 Å². The lowest BCUT2D eigenvalue weighted by atomic mass is 9.96. The van der Waals surface area contributed by atoms with E-state index in [9.17, 15) is 126 Å². The smallest absolute Gasteiger partial charge is 0.322 e. The molecule has 14 atom stereocenters. The van der Waals surface area contributed by atoms with Gasteiger partial charge >= 0.3 is 17.9 Å². The molecule has 0 aromatic carbocycles. The van der Waals surface area contributed by atoms with E-state index in [0.29, 0.717) is 6.42 Å². The molecule has 0 heterocycles. The van der Waals surface area contributed by atoms with Gasteiger partial charge in [-0.25, -0.2) is 0 Å². The zero-order chi connectivity index (χ0) is 89.7. The summed E-state index contributed by atoms with van der Waals surface area (Å²) in [5.41, 5.74) is 21.5. The van der Waals surface area contributed by atoms with Crippen molar-refractivity contribution in [2.45, 2.75) is 225 Å². The second-order valence-corrected chi connectivity index (χ2v) is 28.4. The van der Waals surface area contributed by atoms with Gasteiger partial charge in [0.2, 0.25) is 112 Å². The number of hydrogen-bond donors (Lipinski definition) is 26. The molecule has 0 saturated carbocycles. The molecule has 30 N–H and O–H groups in total. The molecule has 48 nitrogen and oxygen atoms in total. The maximum Gasteiger partial charge on any atom is 0.322 e. The third-order valence-electron chi connectivity index (χ3n) is 17.1. The predicted molar refractivity (Wildman–Crippen MR) is 407 cm³/mol. The third-order valence-corrected chi connectivity index (χ3v) is 17.1. The average molecular weight is 1670 g/mol. The number of primary amides is 2. The Hall–Kier alpha value is -11.8. The number of carbonyl (C=O) groups is 22. The van der Waals surface area contributed by atoms with Crippen molar-refractivity contribution < 1.29 is 131 Å². The van der Waals surface area contributed by atoms with Gasteiger partial charge in [-0.1, -0.05) is 61.8 Å². The maximum atomic E-state index is 14.0. The molecule has 0 aromatic heterocycles. The molecule has 0 saturated heterocycles. The molecule has 0 aliphatic rings. The number of carbonyl (C=O) groups excluding carboxylic acids is 19. The number of aliphatic hydroxyl groups is 2. The molecule has 0 aromatic rings. The third kappa shape index (κ3) is 43.5. The highest BCUT2D eigenvalue weighted by Gasteiger charge is 2.38. The van der Waals surface area contributed by atoms with Crippen molar-refractivity contribution >= 4 is 130 Å². The van der Waals surface area contributed by atoms with Crippen molar-refractivity contribution in [3.8, 4) is 0 Å². The summed E-state index contributed by atoms with van der Waals surface area (Å²) in [6, 6.07) is -19.2. The van der Waals surface area contributed by atoms with E-state index in [4.69, 9.17) is 28.0 Å². The van der Waals surface area contributed by atoms with Crippen LogP contribution in [-0.2, 0) is 105 Å². The number of carboxylic acid groups (broad SMARTS) is 3. The lowest BCUT2D eigenvalue weighted by Crippen LogP contribution is -2.62. The molecule has 19 amide bonds. The van der Waals surface area contributed by atoms with E-state index in [2.05, 4.69) is 85.1 Å². The molecule has 0 spiro atoms. The first-order chi connectivity index (χ1) is 54.6. The summed E-state index contributed by atoms with van der Waals surface area (Å²) >= 11 is 0. The molecule has 0 rings (SSSR count). The molecule has 660 valence electrons. The summed E-state index contributed by atoms with van der Waals surface area (Å²) in [5.74, 6) is -26.0. The van der Waals surface area contributed by atoms with E-state index in [1.165, 1.54) is 34.6 Å². The number of aliphatic hydroxyl groups excluding tert-OH is 2. The van der Waals surface area contributed by atoms with Gasteiger partial charge in [0, 0.05) is 19.3 Å². The molecule has 0 aliphatic carbocycles. The summed E-state index contributed by atoms with van der Waals surface area (Å²) in [6.45, 7) is 9.49. The van der Waals surface area contributed by atoms with Gasteiger partial charge in [-0.3, -0.25) is 105 Å². The number of nitrogens with two attached hydrogens (primary N) is 4. The van der Waals surface area contributed by atoms with Crippen LogP contribution >= 0.6 is 0 Å².